The zero-order valence-corrected chi connectivity index (χ0v) is 11.6. The van der Waals surface area contributed by atoms with Crippen molar-refractivity contribution in [1.29, 1.82) is 0 Å². The lowest BCUT2D eigenvalue weighted by Crippen LogP contribution is -2.30. The second kappa shape index (κ2) is 4.90. The monoisotopic (exact) mass is 259 g/mol. The van der Waals surface area contributed by atoms with Crippen LogP contribution in [0.2, 0.25) is 0 Å². The smallest absolute Gasteiger partial charge is 0.168 e. The van der Waals surface area contributed by atoms with E-state index in [-0.39, 0.29) is 0 Å². The second-order valence-corrected chi connectivity index (χ2v) is 5.50. The molecule has 0 radical (unpaired) electrons. The molecule has 1 atom stereocenters. The predicted octanol–water partition coefficient (Wildman–Crippen LogP) is 1.73. The van der Waals surface area contributed by atoms with Gasteiger partial charge in [0, 0.05) is 18.8 Å². The first kappa shape index (κ1) is 12.6. The van der Waals surface area contributed by atoms with Gasteiger partial charge in [0.25, 0.3) is 0 Å². The Labute approximate surface area is 113 Å². The van der Waals surface area contributed by atoms with E-state index in [4.69, 9.17) is 10.7 Å². The van der Waals surface area contributed by atoms with Crippen molar-refractivity contribution in [2.24, 2.45) is 5.73 Å². The Balaban J connectivity index is 1.96. The molecule has 19 heavy (non-hydrogen) atoms. The van der Waals surface area contributed by atoms with Crippen molar-refractivity contribution in [2.75, 3.05) is 6.54 Å². The van der Waals surface area contributed by atoms with Crippen LogP contribution in [0.25, 0.3) is 5.65 Å². The van der Waals surface area contributed by atoms with Gasteiger partial charge in [-0.15, -0.1) is 5.10 Å². The fraction of sp³-hybridized carbons (Fsp3) is 0.571. The lowest BCUT2D eigenvalue weighted by molar-refractivity contribution is 0.199. The van der Waals surface area contributed by atoms with Crippen LogP contribution in [-0.2, 0) is 6.54 Å². The van der Waals surface area contributed by atoms with E-state index >= 15 is 0 Å². The molecule has 3 heterocycles. The minimum absolute atomic E-state index is 0.362. The van der Waals surface area contributed by atoms with Gasteiger partial charge in [-0.3, -0.25) is 4.90 Å². The summed E-state index contributed by atoms with van der Waals surface area (Å²) in [5, 5.41) is 4.63. The number of nitrogens with zero attached hydrogens (tertiary/aromatic N) is 4. The van der Waals surface area contributed by atoms with Crippen LogP contribution < -0.4 is 5.73 Å². The molecule has 2 aromatic rings. The fourth-order valence-electron chi connectivity index (χ4n) is 2.89. The Hall–Kier alpha value is -1.46. The Morgan fingerprint density at radius 1 is 1.47 bits per heavy atom. The molecule has 1 aliphatic heterocycles. The number of fused-ring (bicyclic) bond motifs is 1. The fourth-order valence-corrected chi connectivity index (χ4v) is 2.89. The minimum atomic E-state index is 0.362. The van der Waals surface area contributed by atoms with Gasteiger partial charge in [0.1, 0.15) is 0 Å². The van der Waals surface area contributed by atoms with E-state index in [1.165, 1.54) is 6.42 Å². The van der Waals surface area contributed by atoms with Crippen molar-refractivity contribution >= 4 is 5.65 Å². The van der Waals surface area contributed by atoms with Crippen LogP contribution in [0.1, 0.15) is 44.1 Å². The summed E-state index contributed by atoms with van der Waals surface area (Å²) in [5.41, 5.74) is 7.66. The number of nitrogens with two attached hydrogens (primary N) is 1. The van der Waals surface area contributed by atoms with Gasteiger partial charge in [-0.05, 0) is 50.9 Å². The number of rotatable bonds is 3. The summed E-state index contributed by atoms with van der Waals surface area (Å²) in [7, 11) is 0. The van der Waals surface area contributed by atoms with Crippen LogP contribution in [0.5, 0.6) is 0 Å². The van der Waals surface area contributed by atoms with E-state index in [1.807, 2.05) is 22.8 Å². The molecular formula is C14H21N5. The van der Waals surface area contributed by atoms with Gasteiger partial charge >= 0.3 is 0 Å². The normalized spacial score (nSPS) is 20.7. The molecule has 1 aliphatic rings. The van der Waals surface area contributed by atoms with Crippen LogP contribution in [-0.4, -0.2) is 32.1 Å². The molecule has 0 aliphatic carbocycles. The number of likely N-dealkylation sites (tertiary alicyclic amines) is 1. The molecule has 5 heteroatoms. The molecule has 0 amide bonds. The van der Waals surface area contributed by atoms with Crippen molar-refractivity contribution in [2.45, 2.75) is 45.3 Å². The molecular weight excluding hydrogens is 238 g/mol. The first-order chi connectivity index (χ1) is 9.19. The van der Waals surface area contributed by atoms with Gasteiger partial charge in [-0.25, -0.2) is 9.50 Å². The third kappa shape index (κ3) is 2.24. The zero-order chi connectivity index (χ0) is 13.4. The van der Waals surface area contributed by atoms with E-state index in [0.29, 0.717) is 18.6 Å². The van der Waals surface area contributed by atoms with E-state index in [2.05, 4.69) is 23.8 Å². The summed E-state index contributed by atoms with van der Waals surface area (Å²) in [6.45, 7) is 6.16. The summed E-state index contributed by atoms with van der Waals surface area (Å²) in [4.78, 5) is 7.18. The van der Waals surface area contributed by atoms with Crippen molar-refractivity contribution < 1.29 is 0 Å². The quantitative estimate of drug-likeness (QED) is 0.912. The summed E-state index contributed by atoms with van der Waals surface area (Å²) >= 11 is 0. The highest BCUT2D eigenvalue weighted by Gasteiger charge is 2.30. The molecule has 1 unspecified atom stereocenters. The van der Waals surface area contributed by atoms with E-state index in [0.717, 1.165) is 30.0 Å². The third-order valence-electron chi connectivity index (χ3n) is 3.91. The topological polar surface area (TPSA) is 59.5 Å². The van der Waals surface area contributed by atoms with E-state index in [9.17, 15) is 0 Å². The molecule has 0 bridgehead atoms. The minimum Gasteiger partial charge on any atom is -0.326 e. The van der Waals surface area contributed by atoms with Crippen LogP contribution in [0.3, 0.4) is 0 Å². The Morgan fingerprint density at radius 2 is 2.32 bits per heavy atom. The Morgan fingerprint density at radius 3 is 3.05 bits per heavy atom. The van der Waals surface area contributed by atoms with Crippen LogP contribution >= 0.6 is 0 Å². The van der Waals surface area contributed by atoms with Gasteiger partial charge in [-0.2, -0.15) is 0 Å². The molecule has 0 saturated carbocycles. The van der Waals surface area contributed by atoms with Gasteiger partial charge in [0.2, 0.25) is 0 Å². The first-order valence-electron chi connectivity index (χ1n) is 7.00. The van der Waals surface area contributed by atoms with Gasteiger partial charge in [-0.1, -0.05) is 0 Å². The third-order valence-corrected chi connectivity index (χ3v) is 3.91. The lowest BCUT2D eigenvalue weighted by Gasteiger charge is -2.25. The molecule has 102 valence electrons. The maximum Gasteiger partial charge on any atom is 0.168 e. The van der Waals surface area contributed by atoms with Gasteiger partial charge in [0.15, 0.2) is 11.5 Å². The van der Waals surface area contributed by atoms with Crippen LogP contribution in [0.15, 0.2) is 18.3 Å². The van der Waals surface area contributed by atoms with E-state index in [1.54, 1.807) is 0 Å². The maximum absolute atomic E-state index is 5.67. The average Bonchev–Trinajstić information content (AvgIpc) is 3.03. The first-order valence-corrected chi connectivity index (χ1v) is 7.00. The maximum atomic E-state index is 5.67. The molecule has 5 nitrogen and oxygen atoms in total. The molecule has 0 spiro atoms. The number of aromatic nitrogens is 3. The summed E-state index contributed by atoms with van der Waals surface area (Å²) in [5.74, 6) is 0.945. The van der Waals surface area contributed by atoms with Crippen LogP contribution in [0.4, 0.5) is 0 Å². The molecule has 3 rings (SSSR count). The standard InChI is InChI=1S/C14H21N5/c1-10(2)18-6-3-4-12(18)14-16-13-8-11(9-15)5-7-19(13)17-14/h5,7-8,10,12H,3-4,6,9,15H2,1-2H3. The van der Waals surface area contributed by atoms with Crippen molar-refractivity contribution in [1.82, 2.24) is 19.5 Å². The predicted molar refractivity (Wildman–Crippen MR) is 74.7 cm³/mol. The Kier molecular flexibility index (Phi) is 3.24. The molecule has 2 N–H and O–H groups in total. The van der Waals surface area contributed by atoms with Crippen molar-refractivity contribution in [3.8, 4) is 0 Å². The van der Waals surface area contributed by atoms with Gasteiger partial charge < -0.3 is 5.73 Å². The number of hydrogen-bond donors (Lipinski definition) is 1. The molecule has 1 saturated heterocycles. The second-order valence-electron chi connectivity index (χ2n) is 5.50. The van der Waals surface area contributed by atoms with Gasteiger partial charge in [0.05, 0.1) is 6.04 Å². The average molecular weight is 259 g/mol. The molecule has 0 aromatic carbocycles. The molecule has 2 aromatic heterocycles. The number of pyridine rings is 1. The van der Waals surface area contributed by atoms with Crippen molar-refractivity contribution in [3.63, 3.8) is 0 Å². The molecule has 1 fully saturated rings. The SMILES string of the molecule is CC(C)N1CCCC1c1nc2cc(CN)ccn2n1. The largest absolute Gasteiger partial charge is 0.326 e. The van der Waals surface area contributed by atoms with Crippen LogP contribution in [0, 0.1) is 0 Å². The highest BCUT2D eigenvalue weighted by Crippen LogP contribution is 2.31. The lowest BCUT2D eigenvalue weighted by atomic mass is 10.2. The summed E-state index contributed by atoms with van der Waals surface area (Å²) < 4.78 is 1.85. The van der Waals surface area contributed by atoms with Crippen molar-refractivity contribution in [3.05, 3.63) is 29.7 Å². The zero-order valence-electron chi connectivity index (χ0n) is 11.6. The Bertz CT molecular complexity index is 574. The highest BCUT2D eigenvalue weighted by molar-refractivity contribution is 5.40. The van der Waals surface area contributed by atoms with E-state index < -0.39 is 0 Å². The summed E-state index contributed by atoms with van der Waals surface area (Å²) in [6, 6.07) is 4.92. The highest BCUT2D eigenvalue weighted by atomic mass is 15.3. The number of hydrogen-bond acceptors (Lipinski definition) is 4. The summed E-state index contributed by atoms with van der Waals surface area (Å²) in [6.07, 6.45) is 4.33.